The van der Waals surface area contributed by atoms with Gasteiger partial charge in [-0.25, -0.2) is 4.79 Å². The topological polar surface area (TPSA) is 258 Å². The van der Waals surface area contributed by atoms with Gasteiger partial charge >= 0.3 is 5.97 Å². The van der Waals surface area contributed by atoms with Crippen LogP contribution in [0.1, 0.15) is 66.2 Å². The van der Waals surface area contributed by atoms with E-state index in [2.05, 4.69) is 31.9 Å². The molecule has 0 aromatic heterocycles. The molecule has 1 aliphatic heterocycles. The summed E-state index contributed by atoms with van der Waals surface area (Å²) in [6.45, 7) is 5.77. The molecule has 1 saturated heterocycles. The molecule has 0 radical (unpaired) electrons. The first-order chi connectivity index (χ1) is 20.2. The van der Waals surface area contributed by atoms with Gasteiger partial charge in [-0.15, -0.1) is 0 Å². The maximum atomic E-state index is 13.0. The Morgan fingerprint density at radius 2 is 1.63 bits per heavy atom. The number of nitrogens with two attached hydrogens (primary N) is 1. The van der Waals surface area contributed by atoms with Gasteiger partial charge in [0.15, 0.2) is 0 Å². The fourth-order valence-electron chi connectivity index (χ4n) is 4.23. The lowest BCUT2D eigenvalue weighted by Gasteiger charge is -2.26. The van der Waals surface area contributed by atoms with Gasteiger partial charge in [-0.2, -0.15) is 0 Å². The Bertz CT molecular complexity index is 1010. The number of hydrogen-bond donors (Lipinski definition) is 9. The van der Waals surface area contributed by atoms with Gasteiger partial charge in [-0.1, -0.05) is 34.1 Å². The van der Waals surface area contributed by atoms with E-state index in [9.17, 15) is 43.8 Å². The van der Waals surface area contributed by atoms with Crippen molar-refractivity contribution < 1.29 is 43.8 Å². The molecular weight excluding hydrogens is 566 g/mol. The Balaban J connectivity index is 3.20. The molecular formula is C27H47N7O9. The Kier molecular flexibility index (Phi) is 16.2. The molecule has 0 bridgehead atoms. The van der Waals surface area contributed by atoms with Crippen LogP contribution in [0.4, 0.5) is 0 Å². The standard InChI is InChI=1S/C27H47N7O9/c1-5-15(4)22-26(41)30-12-21(37)31-19(13-35)25(40)32-17(24(39)33-18(27(42)43)10-14(2)3)11-20(36)29-9-7-6-8-16(28)23(38)34-22/h14-19,22,35H,5-13,28H2,1-4H3,(H,29,36)(H,30,41)(H,31,37)(H,32,40)(H,33,39)(H,34,38)(H,42,43)/t15-,16-,17-,18-,19-,22?/m0/s1. The smallest absolute Gasteiger partial charge is 0.326 e. The summed E-state index contributed by atoms with van der Waals surface area (Å²) in [7, 11) is 0. The molecule has 10 N–H and O–H groups in total. The van der Waals surface area contributed by atoms with Crippen molar-refractivity contribution in [2.24, 2.45) is 17.6 Å². The molecule has 16 heteroatoms. The van der Waals surface area contributed by atoms with Crippen LogP contribution < -0.4 is 37.6 Å². The molecule has 43 heavy (non-hydrogen) atoms. The van der Waals surface area contributed by atoms with Crippen LogP contribution in [0.3, 0.4) is 0 Å². The van der Waals surface area contributed by atoms with Gasteiger partial charge in [0.2, 0.25) is 35.4 Å². The van der Waals surface area contributed by atoms with Crippen LogP contribution in [0.5, 0.6) is 0 Å². The third-order valence-corrected chi connectivity index (χ3v) is 7.00. The molecule has 0 aliphatic carbocycles. The summed E-state index contributed by atoms with van der Waals surface area (Å²) in [5.74, 6) is -6.32. The van der Waals surface area contributed by atoms with Gasteiger partial charge in [0.05, 0.1) is 25.6 Å². The van der Waals surface area contributed by atoms with Crippen LogP contribution in [-0.2, 0) is 33.6 Å². The van der Waals surface area contributed by atoms with Crippen molar-refractivity contribution in [3.05, 3.63) is 0 Å². The molecule has 1 unspecified atom stereocenters. The SMILES string of the molecule is CC[C@H](C)C1NC(=O)[C@@H](N)CCCCNC(=O)C[C@@H](C(=O)N[C@@H](CC(C)C)C(=O)O)NC(=O)[C@H](CO)NC(=O)CNC1=O. The Labute approximate surface area is 251 Å². The molecule has 0 spiro atoms. The minimum Gasteiger partial charge on any atom is -0.480 e. The summed E-state index contributed by atoms with van der Waals surface area (Å²) in [6, 6.07) is -6.30. The van der Waals surface area contributed by atoms with E-state index in [4.69, 9.17) is 5.73 Å². The molecule has 1 fully saturated rings. The first-order valence-electron chi connectivity index (χ1n) is 14.5. The van der Waals surface area contributed by atoms with Gasteiger partial charge in [0.25, 0.3) is 0 Å². The van der Waals surface area contributed by atoms with Crippen LogP contribution in [0, 0.1) is 11.8 Å². The van der Waals surface area contributed by atoms with E-state index in [1.165, 1.54) is 0 Å². The number of carboxylic acid groups (broad SMARTS) is 1. The third-order valence-electron chi connectivity index (χ3n) is 7.00. The second kappa shape index (κ2) is 18.7. The van der Waals surface area contributed by atoms with E-state index < -0.39 is 91.2 Å². The molecule has 1 aliphatic rings. The lowest BCUT2D eigenvalue weighted by atomic mass is 9.97. The highest BCUT2D eigenvalue weighted by Gasteiger charge is 2.32. The van der Waals surface area contributed by atoms with Crippen LogP contribution in [0.2, 0.25) is 0 Å². The fraction of sp³-hybridized carbons (Fsp3) is 0.741. The summed E-state index contributed by atoms with van der Waals surface area (Å²) in [6.07, 6.45) is 1.20. The summed E-state index contributed by atoms with van der Waals surface area (Å²) in [5, 5.41) is 33.8. The van der Waals surface area contributed by atoms with E-state index in [-0.39, 0.29) is 31.2 Å². The molecule has 0 saturated carbocycles. The highest BCUT2D eigenvalue weighted by Crippen LogP contribution is 2.10. The molecule has 16 nitrogen and oxygen atoms in total. The Morgan fingerprint density at radius 3 is 2.21 bits per heavy atom. The number of carbonyl (C=O) groups excluding carboxylic acids is 6. The molecule has 1 heterocycles. The van der Waals surface area contributed by atoms with E-state index in [1.54, 1.807) is 20.8 Å². The summed E-state index contributed by atoms with van der Waals surface area (Å²) >= 11 is 0. The van der Waals surface area contributed by atoms with Gasteiger partial charge in [0.1, 0.15) is 24.2 Å². The van der Waals surface area contributed by atoms with Crippen molar-refractivity contribution in [3.63, 3.8) is 0 Å². The van der Waals surface area contributed by atoms with Gasteiger partial charge in [-0.05, 0) is 37.5 Å². The Hall–Kier alpha value is -3.79. The van der Waals surface area contributed by atoms with Crippen molar-refractivity contribution >= 4 is 41.4 Å². The third kappa shape index (κ3) is 13.4. The normalized spacial score (nSPS) is 25.2. The highest BCUT2D eigenvalue weighted by molar-refractivity contribution is 5.97. The first kappa shape index (κ1) is 37.2. The van der Waals surface area contributed by atoms with E-state index in [1.807, 2.05) is 6.92 Å². The lowest BCUT2D eigenvalue weighted by Crippen LogP contribution is -2.59. The van der Waals surface area contributed by atoms with Gasteiger partial charge < -0.3 is 47.8 Å². The van der Waals surface area contributed by atoms with Crippen LogP contribution in [0.25, 0.3) is 0 Å². The van der Waals surface area contributed by atoms with Gasteiger partial charge in [0, 0.05) is 6.54 Å². The largest absolute Gasteiger partial charge is 0.480 e. The van der Waals surface area contributed by atoms with E-state index in [0.29, 0.717) is 19.3 Å². The van der Waals surface area contributed by atoms with Crippen molar-refractivity contribution in [1.82, 2.24) is 31.9 Å². The second-order valence-corrected chi connectivity index (χ2v) is 11.1. The average molecular weight is 614 g/mol. The highest BCUT2D eigenvalue weighted by atomic mass is 16.4. The fourth-order valence-corrected chi connectivity index (χ4v) is 4.23. The predicted octanol–water partition coefficient (Wildman–Crippen LogP) is -2.77. The van der Waals surface area contributed by atoms with Crippen LogP contribution >= 0.6 is 0 Å². The molecule has 6 amide bonds. The van der Waals surface area contributed by atoms with Crippen LogP contribution in [0.15, 0.2) is 0 Å². The zero-order chi connectivity index (χ0) is 32.7. The average Bonchev–Trinajstić information content (AvgIpc) is 2.94. The molecule has 244 valence electrons. The summed E-state index contributed by atoms with van der Waals surface area (Å²) < 4.78 is 0. The molecule has 0 aromatic carbocycles. The number of hydrogen-bond acceptors (Lipinski definition) is 9. The number of aliphatic carboxylic acids is 1. The minimum absolute atomic E-state index is 0.0903. The lowest BCUT2D eigenvalue weighted by molar-refractivity contribution is -0.143. The maximum absolute atomic E-state index is 13.0. The zero-order valence-corrected chi connectivity index (χ0v) is 25.2. The van der Waals surface area contributed by atoms with Crippen LogP contribution in [-0.4, -0.2) is 102 Å². The molecule has 0 aromatic rings. The van der Waals surface area contributed by atoms with Gasteiger partial charge in [-0.3, -0.25) is 28.8 Å². The van der Waals surface area contributed by atoms with Crippen molar-refractivity contribution in [3.8, 4) is 0 Å². The van der Waals surface area contributed by atoms with Crippen molar-refractivity contribution in [1.29, 1.82) is 0 Å². The number of rotatable bonds is 8. The number of nitrogens with one attached hydrogen (secondary N) is 6. The first-order valence-corrected chi connectivity index (χ1v) is 14.5. The second-order valence-electron chi connectivity index (χ2n) is 11.1. The summed E-state index contributed by atoms with van der Waals surface area (Å²) in [5.41, 5.74) is 6.01. The number of amides is 6. The number of aliphatic hydroxyl groups is 1. The number of carbonyl (C=O) groups is 7. The quantitative estimate of drug-likeness (QED) is 0.136. The van der Waals surface area contributed by atoms with E-state index in [0.717, 1.165) is 0 Å². The number of carboxylic acids is 1. The molecule has 6 atom stereocenters. The monoisotopic (exact) mass is 613 g/mol. The predicted molar refractivity (Wildman–Crippen MR) is 154 cm³/mol. The molecule has 1 rings (SSSR count). The number of aliphatic hydroxyl groups excluding tert-OH is 1. The Morgan fingerprint density at radius 1 is 0.953 bits per heavy atom. The van der Waals surface area contributed by atoms with Crippen molar-refractivity contribution in [2.75, 3.05) is 19.7 Å². The maximum Gasteiger partial charge on any atom is 0.326 e. The zero-order valence-electron chi connectivity index (χ0n) is 25.2. The van der Waals surface area contributed by atoms with E-state index >= 15 is 0 Å². The minimum atomic E-state index is -1.57. The van der Waals surface area contributed by atoms with Crippen molar-refractivity contribution in [2.45, 2.75) is 96.4 Å². The summed E-state index contributed by atoms with van der Waals surface area (Å²) in [4.78, 5) is 88.4.